The minimum atomic E-state index is -4.16. The second-order valence-corrected chi connectivity index (χ2v) is 24.3. The van der Waals surface area contributed by atoms with E-state index >= 15 is 0 Å². The third-order valence-corrected chi connectivity index (χ3v) is 18.5. The summed E-state index contributed by atoms with van der Waals surface area (Å²) in [7, 11) is -9.06. The second kappa shape index (κ2) is 9.52. The average Bonchev–Trinajstić information content (AvgIpc) is 3.14. The molecular formula is C24H44N4O7SSi2. The molecule has 0 unspecified atom stereocenters. The molecule has 0 bridgehead atoms. The van der Waals surface area contributed by atoms with Crippen LogP contribution in [0.25, 0.3) is 0 Å². The normalized spacial score (nSPS) is 28.2. The lowest BCUT2D eigenvalue weighted by atomic mass is 9.89. The summed E-state index contributed by atoms with van der Waals surface area (Å²) in [4.78, 5) is 17.0. The number of nitrogen functional groups attached to an aromatic ring is 1. The van der Waals surface area contributed by atoms with Crippen LogP contribution in [0.4, 0.5) is 5.82 Å². The fourth-order valence-electron chi connectivity index (χ4n) is 3.98. The van der Waals surface area contributed by atoms with Gasteiger partial charge in [-0.1, -0.05) is 41.5 Å². The summed E-state index contributed by atoms with van der Waals surface area (Å²) >= 11 is 0. The van der Waals surface area contributed by atoms with E-state index in [4.69, 9.17) is 29.2 Å². The van der Waals surface area contributed by atoms with Crippen LogP contribution in [-0.4, -0.2) is 59.0 Å². The molecule has 11 nitrogen and oxygen atoms in total. The Kier molecular flexibility index (Phi) is 7.76. The summed E-state index contributed by atoms with van der Waals surface area (Å²) < 4.78 is 52.5. The van der Waals surface area contributed by atoms with Crippen LogP contribution in [-0.2, 0) is 27.9 Å². The molecule has 0 amide bonds. The Bertz CT molecular complexity index is 1280. The van der Waals surface area contributed by atoms with Crippen LogP contribution in [0, 0.1) is 6.92 Å². The van der Waals surface area contributed by atoms with Crippen molar-refractivity contribution in [1.82, 2.24) is 9.55 Å². The van der Waals surface area contributed by atoms with Crippen molar-refractivity contribution in [3.05, 3.63) is 33.3 Å². The van der Waals surface area contributed by atoms with Gasteiger partial charge >= 0.3 is 5.69 Å². The van der Waals surface area contributed by atoms with Crippen LogP contribution in [0.2, 0.25) is 36.3 Å². The van der Waals surface area contributed by atoms with Crippen LogP contribution in [0.3, 0.4) is 0 Å². The van der Waals surface area contributed by atoms with E-state index in [2.05, 4.69) is 59.6 Å². The van der Waals surface area contributed by atoms with Crippen LogP contribution < -0.4 is 17.2 Å². The Morgan fingerprint density at radius 1 is 1.08 bits per heavy atom. The van der Waals surface area contributed by atoms with Crippen molar-refractivity contribution in [2.75, 3.05) is 12.3 Å². The molecule has 38 heavy (non-hydrogen) atoms. The predicted octanol–water partition coefficient (Wildman–Crippen LogP) is 3.34. The van der Waals surface area contributed by atoms with Crippen LogP contribution in [0.15, 0.2) is 22.1 Å². The van der Waals surface area contributed by atoms with Gasteiger partial charge in [-0.25, -0.2) is 8.98 Å². The molecule has 2 aliphatic heterocycles. The molecule has 0 saturated carbocycles. The smallest absolute Gasteiger partial charge is 0.351 e. The van der Waals surface area contributed by atoms with Crippen molar-refractivity contribution in [1.29, 1.82) is 0 Å². The number of nitrogens with two attached hydrogens (primary N) is 2. The third kappa shape index (κ3) is 5.40. The van der Waals surface area contributed by atoms with Crippen LogP contribution in [0.1, 0.15) is 53.3 Å². The number of ether oxygens (including phenoxy) is 1. The van der Waals surface area contributed by atoms with E-state index in [1.807, 2.05) is 13.1 Å². The summed E-state index contributed by atoms with van der Waals surface area (Å²) in [6.45, 7) is 22.4. The van der Waals surface area contributed by atoms with Crippen molar-refractivity contribution in [2.45, 2.75) is 109 Å². The molecule has 2 aliphatic rings. The molecule has 14 heteroatoms. The molecule has 4 atom stereocenters. The standard InChI is InChI=1S/C24H44N4O7SSi2/c1-15-12-28(21(29)27-19(15)26)20-18(34-38(10,11)23(5,6)7)24(16(25)14-36(30,31)35-24)17(33-20)13-32-37(8,9)22(2,3)4/h12,14,17-18,20H,13,25H2,1-11H3,(H2,26,27,29)/t17-,18+,20-,24-/m1/s1. The molecule has 3 heterocycles. The molecule has 1 fully saturated rings. The summed E-state index contributed by atoms with van der Waals surface area (Å²) in [6.07, 6.45) is -1.65. The maximum Gasteiger partial charge on any atom is 0.351 e. The monoisotopic (exact) mass is 588 g/mol. The Balaban J connectivity index is 2.23. The molecule has 4 N–H and O–H groups in total. The average molecular weight is 589 g/mol. The zero-order valence-corrected chi connectivity index (χ0v) is 27.2. The highest BCUT2D eigenvalue weighted by Crippen LogP contribution is 2.52. The van der Waals surface area contributed by atoms with Crippen molar-refractivity contribution < 1.29 is 26.2 Å². The maximum atomic E-state index is 13.1. The number of anilines is 1. The lowest BCUT2D eigenvalue weighted by molar-refractivity contribution is -0.0562. The highest BCUT2D eigenvalue weighted by Gasteiger charge is 2.67. The summed E-state index contributed by atoms with van der Waals surface area (Å²) in [5.74, 6) is 0.0951. The van der Waals surface area contributed by atoms with E-state index < -0.39 is 56.5 Å². The Labute approximate surface area is 228 Å². The highest BCUT2D eigenvalue weighted by atomic mass is 32.2. The highest BCUT2D eigenvalue weighted by molar-refractivity contribution is 7.90. The van der Waals surface area contributed by atoms with Crippen LogP contribution in [0.5, 0.6) is 0 Å². The molecule has 216 valence electrons. The summed E-state index contributed by atoms with van der Waals surface area (Å²) in [5.41, 5.74) is 10.4. The zero-order chi connectivity index (χ0) is 29.3. The molecule has 1 spiro atoms. The molecular weight excluding hydrogens is 545 g/mol. The van der Waals surface area contributed by atoms with Gasteiger partial charge in [0.25, 0.3) is 10.1 Å². The van der Waals surface area contributed by atoms with Gasteiger partial charge in [0.05, 0.1) is 17.7 Å². The van der Waals surface area contributed by atoms with E-state index in [0.29, 0.717) is 5.56 Å². The van der Waals surface area contributed by atoms with Gasteiger partial charge in [-0.3, -0.25) is 4.57 Å². The predicted molar refractivity (Wildman–Crippen MR) is 152 cm³/mol. The molecule has 1 saturated heterocycles. The van der Waals surface area contributed by atoms with E-state index in [0.717, 1.165) is 5.41 Å². The summed E-state index contributed by atoms with van der Waals surface area (Å²) in [6, 6.07) is 0. The van der Waals surface area contributed by atoms with E-state index in [1.165, 1.54) is 10.8 Å². The van der Waals surface area contributed by atoms with Crippen LogP contribution >= 0.6 is 0 Å². The molecule has 3 rings (SSSR count). The summed E-state index contributed by atoms with van der Waals surface area (Å²) in [5, 5.41) is 0.522. The maximum absolute atomic E-state index is 13.1. The number of aryl methyl sites for hydroxylation is 1. The lowest BCUT2D eigenvalue weighted by Crippen LogP contribution is -2.59. The van der Waals surface area contributed by atoms with Gasteiger partial charge in [-0.2, -0.15) is 13.4 Å². The topological polar surface area (TPSA) is 158 Å². The molecule has 0 aliphatic carbocycles. The molecule has 1 aromatic rings. The van der Waals surface area contributed by atoms with Gasteiger partial charge < -0.3 is 25.1 Å². The van der Waals surface area contributed by atoms with Crippen molar-refractivity contribution in [2.24, 2.45) is 5.73 Å². The van der Waals surface area contributed by atoms with Crippen molar-refractivity contribution in [3.63, 3.8) is 0 Å². The number of nitrogens with zero attached hydrogens (tertiary/aromatic N) is 2. The quantitative estimate of drug-likeness (QED) is 0.373. The number of aromatic nitrogens is 2. The number of hydrogen-bond donors (Lipinski definition) is 2. The van der Waals surface area contributed by atoms with Gasteiger partial charge in [0.2, 0.25) is 0 Å². The van der Waals surface area contributed by atoms with E-state index in [1.54, 1.807) is 6.92 Å². The van der Waals surface area contributed by atoms with Gasteiger partial charge in [-0.05, 0) is 43.2 Å². The second-order valence-electron chi connectivity index (χ2n) is 13.3. The van der Waals surface area contributed by atoms with Gasteiger partial charge in [0, 0.05) is 11.8 Å². The van der Waals surface area contributed by atoms with E-state index in [9.17, 15) is 13.2 Å². The Morgan fingerprint density at radius 2 is 1.63 bits per heavy atom. The van der Waals surface area contributed by atoms with Gasteiger partial charge in [-0.15, -0.1) is 0 Å². The SMILES string of the molecule is Cc1cn([C@@H]2O[C@H](CO[Si](C)(C)C(C)(C)C)[C@@]3(OS(=O)(=O)C=C3N)[C@H]2O[Si](C)(C)C(C)(C)C)c(=O)nc1N. The first-order valence-corrected chi connectivity index (χ1v) is 20.0. The molecule has 0 aromatic carbocycles. The molecule has 0 radical (unpaired) electrons. The Hall–Kier alpha value is -1.56. The first kappa shape index (κ1) is 31.0. The lowest BCUT2D eigenvalue weighted by Gasteiger charge is -2.43. The molecule has 1 aromatic heterocycles. The minimum absolute atomic E-state index is 0.00938. The zero-order valence-electron chi connectivity index (χ0n) is 24.4. The first-order chi connectivity index (χ1) is 17.0. The third-order valence-electron chi connectivity index (χ3n) is 8.52. The van der Waals surface area contributed by atoms with Crippen molar-refractivity contribution in [3.8, 4) is 0 Å². The number of hydrogen-bond acceptors (Lipinski definition) is 10. The minimum Gasteiger partial charge on any atom is -0.414 e. The fraction of sp³-hybridized carbons (Fsp3) is 0.750. The van der Waals surface area contributed by atoms with E-state index in [-0.39, 0.29) is 28.2 Å². The fourth-order valence-corrected chi connectivity index (χ4v) is 7.48. The van der Waals surface area contributed by atoms with Gasteiger partial charge in [0.1, 0.15) is 18.0 Å². The van der Waals surface area contributed by atoms with Gasteiger partial charge in [0.15, 0.2) is 28.5 Å². The number of rotatable bonds is 6. The van der Waals surface area contributed by atoms with Crippen molar-refractivity contribution >= 4 is 32.6 Å². The Morgan fingerprint density at radius 3 is 2.11 bits per heavy atom. The first-order valence-electron chi connectivity index (χ1n) is 12.7. The largest absolute Gasteiger partial charge is 0.414 e.